The minimum absolute atomic E-state index is 0. The zero-order valence-corrected chi connectivity index (χ0v) is 14.4. The lowest BCUT2D eigenvalue weighted by molar-refractivity contribution is -0.121. The Hall–Kier alpha value is -0.810. The molecule has 0 spiro atoms. The Bertz CT molecular complexity index is 471. The number of halogens is 2. The zero-order valence-electron chi connectivity index (χ0n) is 12.9. The lowest BCUT2D eigenvalue weighted by atomic mass is 9.79. The Labute approximate surface area is 143 Å². The minimum atomic E-state index is 0. The second-order valence-electron chi connectivity index (χ2n) is 5.73. The van der Waals surface area contributed by atoms with Gasteiger partial charge in [0.1, 0.15) is 0 Å². The number of hydrogen-bond acceptors (Lipinski definition) is 3. The molecule has 1 aliphatic heterocycles. The lowest BCUT2D eigenvalue weighted by Gasteiger charge is -2.37. The van der Waals surface area contributed by atoms with Gasteiger partial charge in [-0.05, 0) is 37.6 Å². The van der Waals surface area contributed by atoms with Crippen LogP contribution in [-0.2, 0) is 16.0 Å². The molecule has 1 aromatic rings. The molecule has 124 valence electrons. The van der Waals surface area contributed by atoms with Crippen LogP contribution in [0.1, 0.15) is 18.4 Å². The summed E-state index contributed by atoms with van der Waals surface area (Å²) in [7, 11) is 1.72. The highest BCUT2D eigenvalue weighted by Crippen LogP contribution is 2.28. The fourth-order valence-corrected chi connectivity index (χ4v) is 3.00. The third-order valence-electron chi connectivity index (χ3n) is 4.08. The van der Waals surface area contributed by atoms with Crippen molar-refractivity contribution in [2.24, 2.45) is 5.41 Å². The summed E-state index contributed by atoms with van der Waals surface area (Å²) in [5.74, 6) is 0.0112. The van der Waals surface area contributed by atoms with Gasteiger partial charge in [0, 0.05) is 24.1 Å². The SMILES string of the molecule is COCC1(CNC(=O)Cc2ccccc2Cl)CCNCC1.Cl. The molecule has 1 aromatic carbocycles. The maximum atomic E-state index is 12.1. The van der Waals surface area contributed by atoms with Gasteiger partial charge in [-0.2, -0.15) is 0 Å². The van der Waals surface area contributed by atoms with E-state index in [0.29, 0.717) is 24.6 Å². The van der Waals surface area contributed by atoms with Crippen molar-refractivity contribution < 1.29 is 9.53 Å². The van der Waals surface area contributed by atoms with E-state index in [1.54, 1.807) is 7.11 Å². The van der Waals surface area contributed by atoms with E-state index >= 15 is 0 Å². The number of piperidine rings is 1. The molecule has 6 heteroatoms. The molecular formula is C16H24Cl2N2O2. The number of nitrogens with one attached hydrogen (secondary N) is 2. The van der Waals surface area contributed by atoms with E-state index in [4.69, 9.17) is 16.3 Å². The van der Waals surface area contributed by atoms with Crippen molar-refractivity contribution in [2.45, 2.75) is 19.3 Å². The first kappa shape index (κ1) is 19.2. The summed E-state index contributed by atoms with van der Waals surface area (Å²) < 4.78 is 5.35. The Morgan fingerprint density at radius 2 is 2.05 bits per heavy atom. The van der Waals surface area contributed by atoms with Crippen molar-refractivity contribution in [3.8, 4) is 0 Å². The van der Waals surface area contributed by atoms with Gasteiger partial charge < -0.3 is 15.4 Å². The van der Waals surface area contributed by atoms with Gasteiger partial charge in [-0.25, -0.2) is 0 Å². The number of benzene rings is 1. The van der Waals surface area contributed by atoms with Gasteiger partial charge in [-0.3, -0.25) is 4.79 Å². The largest absolute Gasteiger partial charge is 0.384 e. The van der Waals surface area contributed by atoms with Crippen LogP contribution < -0.4 is 10.6 Å². The summed E-state index contributed by atoms with van der Waals surface area (Å²) in [6, 6.07) is 7.46. The molecule has 0 unspecified atom stereocenters. The Morgan fingerprint density at radius 3 is 2.68 bits per heavy atom. The van der Waals surface area contributed by atoms with Crippen molar-refractivity contribution in [1.29, 1.82) is 0 Å². The lowest BCUT2D eigenvalue weighted by Crippen LogP contribution is -2.47. The maximum absolute atomic E-state index is 12.1. The molecule has 1 amide bonds. The minimum Gasteiger partial charge on any atom is -0.384 e. The first-order chi connectivity index (χ1) is 10.2. The maximum Gasteiger partial charge on any atom is 0.224 e. The fraction of sp³-hybridized carbons (Fsp3) is 0.562. The van der Waals surface area contributed by atoms with Crippen molar-refractivity contribution in [3.05, 3.63) is 34.9 Å². The van der Waals surface area contributed by atoms with E-state index in [2.05, 4.69) is 10.6 Å². The third-order valence-corrected chi connectivity index (χ3v) is 4.45. The van der Waals surface area contributed by atoms with E-state index in [-0.39, 0.29) is 23.7 Å². The van der Waals surface area contributed by atoms with Crippen LogP contribution in [0.15, 0.2) is 24.3 Å². The quantitative estimate of drug-likeness (QED) is 0.831. The second-order valence-corrected chi connectivity index (χ2v) is 6.14. The molecule has 0 aliphatic carbocycles. The van der Waals surface area contributed by atoms with Crippen LogP contribution in [0.2, 0.25) is 5.02 Å². The molecule has 1 fully saturated rings. The number of hydrogen-bond donors (Lipinski definition) is 2. The van der Waals surface area contributed by atoms with E-state index < -0.39 is 0 Å². The number of carbonyl (C=O) groups excluding carboxylic acids is 1. The van der Waals surface area contributed by atoms with Gasteiger partial charge in [0.25, 0.3) is 0 Å². The van der Waals surface area contributed by atoms with Crippen LogP contribution in [0.25, 0.3) is 0 Å². The van der Waals surface area contributed by atoms with Crippen LogP contribution in [-0.4, -0.2) is 39.3 Å². The molecule has 0 aromatic heterocycles. The molecule has 0 saturated carbocycles. The van der Waals surface area contributed by atoms with Gasteiger partial charge in [0.05, 0.1) is 13.0 Å². The highest BCUT2D eigenvalue weighted by molar-refractivity contribution is 6.31. The topological polar surface area (TPSA) is 50.4 Å². The summed E-state index contributed by atoms with van der Waals surface area (Å²) in [5.41, 5.74) is 0.915. The first-order valence-electron chi connectivity index (χ1n) is 7.35. The summed E-state index contributed by atoms with van der Waals surface area (Å²) in [6.07, 6.45) is 2.36. The number of rotatable bonds is 6. The zero-order chi connectivity index (χ0) is 15.1. The predicted octanol–water partition coefficient (Wildman–Crippen LogP) is 2.44. The summed E-state index contributed by atoms with van der Waals surface area (Å²) in [5, 5.41) is 7.04. The summed E-state index contributed by atoms with van der Waals surface area (Å²) >= 11 is 6.09. The predicted molar refractivity (Wildman–Crippen MR) is 91.8 cm³/mol. The summed E-state index contributed by atoms with van der Waals surface area (Å²) in [4.78, 5) is 12.1. The number of carbonyl (C=O) groups is 1. The molecule has 0 radical (unpaired) electrons. The fourth-order valence-electron chi connectivity index (χ4n) is 2.80. The Kier molecular flexibility index (Phi) is 8.18. The molecule has 22 heavy (non-hydrogen) atoms. The van der Waals surface area contributed by atoms with Crippen LogP contribution >= 0.6 is 24.0 Å². The van der Waals surface area contributed by atoms with Gasteiger partial charge in [-0.1, -0.05) is 29.8 Å². The average Bonchev–Trinajstić information content (AvgIpc) is 2.49. The normalized spacial score (nSPS) is 16.6. The van der Waals surface area contributed by atoms with Crippen molar-refractivity contribution in [1.82, 2.24) is 10.6 Å². The number of ether oxygens (including phenoxy) is 1. The molecule has 4 nitrogen and oxygen atoms in total. The second kappa shape index (κ2) is 9.36. The molecule has 0 atom stereocenters. The van der Waals surface area contributed by atoms with Crippen LogP contribution in [0.5, 0.6) is 0 Å². The molecule has 1 heterocycles. The van der Waals surface area contributed by atoms with Crippen molar-refractivity contribution in [2.75, 3.05) is 33.4 Å². The smallest absolute Gasteiger partial charge is 0.224 e. The molecule has 1 aliphatic rings. The third kappa shape index (κ3) is 5.43. The van der Waals surface area contributed by atoms with Gasteiger partial charge in [0.15, 0.2) is 0 Å². The highest BCUT2D eigenvalue weighted by atomic mass is 35.5. The van der Waals surface area contributed by atoms with Gasteiger partial charge in [0.2, 0.25) is 5.91 Å². The van der Waals surface area contributed by atoms with Gasteiger partial charge >= 0.3 is 0 Å². The van der Waals surface area contributed by atoms with E-state index in [0.717, 1.165) is 31.5 Å². The molecule has 0 bridgehead atoms. The monoisotopic (exact) mass is 346 g/mol. The van der Waals surface area contributed by atoms with E-state index in [1.165, 1.54) is 0 Å². The number of methoxy groups -OCH3 is 1. The van der Waals surface area contributed by atoms with Gasteiger partial charge in [-0.15, -0.1) is 12.4 Å². The standard InChI is InChI=1S/C16H23ClN2O2.ClH/c1-21-12-16(6-8-18-9-7-16)11-19-15(20)10-13-4-2-3-5-14(13)17;/h2-5,18H,6-12H2,1H3,(H,19,20);1H. The molecule has 2 rings (SSSR count). The van der Waals surface area contributed by atoms with Crippen molar-refractivity contribution >= 4 is 29.9 Å². The molecule has 1 saturated heterocycles. The van der Waals surface area contributed by atoms with E-state index in [9.17, 15) is 4.79 Å². The van der Waals surface area contributed by atoms with Crippen LogP contribution in [0.3, 0.4) is 0 Å². The Balaban J connectivity index is 0.00000242. The first-order valence-corrected chi connectivity index (χ1v) is 7.73. The molecular weight excluding hydrogens is 323 g/mol. The van der Waals surface area contributed by atoms with Crippen molar-refractivity contribution in [3.63, 3.8) is 0 Å². The van der Waals surface area contributed by atoms with Crippen LogP contribution in [0.4, 0.5) is 0 Å². The number of amides is 1. The summed E-state index contributed by atoms with van der Waals surface area (Å²) in [6.45, 7) is 3.29. The highest BCUT2D eigenvalue weighted by Gasteiger charge is 2.32. The Morgan fingerprint density at radius 1 is 1.36 bits per heavy atom. The molecule has 2 N–H and O–H groups in total. The van der Waals surface area contributed by atoms with E-state index in [1.807, 2.05) is 24.3 Å². The average molecular weight is 347 g/mol. The van der Waals surface area contributed by atoms with Crippen LogP contribution in [0, 0.1) is 5.41 Å².